The van der Waals surface area contributed by atoms with Crippen molar-refractivity contribution in [2.24, 2.45) is 5.73 Å². The summed E-state index contributed by atoms with van der Waals surface area (Å²) in [5.74, 6) is -0.844. The molecule has 1 aromatic heterocycles. The highest BCUT2D eigenvalue weighted by atomic mass is 35.5. The van der Waals surface area contributed by atoms with Crippen LogP contribution in [0.15, 0.2) is 35.4 Å². The summed E-state index contributed by atoms with van der Waals surface area (Å²) in [4.78, 5) is 11.7. The third kappa shape index (κ3) is 3.55. The first-order valence-electron chi connectivity index (χ1n) is 6.99. The zero-order chi connectivity index (χ0) is 17.6. The van der Waals surface area contributed by atoms with E-state index < -0.39 is 21.8 Å². The number of hydrogen-bond donors (Lipinski definition) is 2. The van der Waals surface area contributed by atoms with Crippen LogP contribution in [0, 0.1) is 5.41 Å². The molecular weight excluding hydrogens is 409 g/mol. The lowest BCUT2D eigenvalue weighted by molar-refractivity contribution is 0.0997. The van der Waals surface area contributed by atoms with Crippen molar-refractivity contribution in [2.45, 2.75) is 17.4 Å². The molecule has 0 saturated carbocycles. The van der Waals surface area contributed by atoms with Crippen LogP contribution in [0.5, 0.6) is 0 Å². The van der Waals surface area contributed by atoms with Gasteiger partial charge in [0, 0.05) is 11.2 Å². The first kappa shape index (κ1) is 19.8. The van der Waals surface area contributed by atoms with Crippen LogP contribution in [-0.4, -0.2) is 24.6 Å². The third-order valence-corrected chi connectivity index (χ3v) is 6.24. The highest BCUT2D eigenvalue weighted by Gasteiger charge is 2.32. The SMILES string of the molecule is Cl.N=c1c(C(N)=O)cc(Cl)cn1C1CCS(=O)(=O)c2ccc(Cl)cc21. The topological polar surface area (TPSA) is 106 Å². The van der Waals surface area contributed by atoms with Crippen LogP contribution in [-0.2, 0) is 9.84 Å². The van der Waals surface area contributed by atoms with Crippen LogP contribution < -0.4 is 11.2 Å². The quantitative estimate of drug-likeness (QED) is 0.776. The second kappa shape index (κ2) is 6.99. The van der Waals surface area contributed by atoms with E-state index in [4.69, 9.17) is 34.3 Å². The Kier molecular flexibility index (Phi) is 5.53. The third-order valence-electron chi connectivity index (χ3n) is 3.99. The molecule has 6 nitrogen and oxygen atoms in total. The molecule has 1 amide bonds. The maximum Gasteiger partial charge on any atom is 0.252 e. The van der Waals surface area contributed by atoms with Gasteiger partial charge in [-0.3, -0.25) is 10.2 Å². The van der Waals surface area contributed by atoms with Crippen LogP contribution in [0.3, 0.4) is 0 Å². The zero-order valence-electron chi connectivity index (χ0n) is 12.7. The number of aromatic nitrogens is 1. The van der Waals surface area contributed by atoms with Gasteiger partial charge in [-0.25, -0.2) is 8.42 Å². The molecule has 0 aliphatic carbocycles. The lowest BCUT2D eigenvalue weighted by Gasteiger charge is -2.28. The average Bonchev–Trinajstić information content (AvgIpc) is 2.49. The van der Waals surface area contributed by atoms with Crippen LogP contribution in [0.2, 0.25) is 10.0 Å². The van der Waals surface area contributed by atoms with Gasteiger partial charge >= 0.3 is 0 Å². The van der Waals surface area contributed by atoms with Crippen LogP contribution in [0.4, 0.5) is 0 Å². The minimum absolute atomic E-state index is 0. The Morgan fingerprint density at radius 2 is 1.92 bits per heavy atom. The van der Waals surface area contributed by atoms with E-state index in [0.717, 1.165) is 0 Å². The van der Waals surface area contributed by atoms with Gasteiger partial charge in [-0.05, 0) is 36.2 Å². The van der Waals surface area contributed by atoms with E-state index in [1.165, 1.54) is 29.0 Å². The molecule has 3 rings (SSSR count). The first-order valence-corrected chi connectivity index (χ1v) is 9.40. The molecule has 0 fully saturated rings. The molecule has 0 bridgehead atoms. The molecule has 1 atom stereocenters. The summed E-state index contributed by atoms with van der Waals surface area (Å²) >= 11 is 12.1. The van der Waals surface area contributed by atoms with Crippen molar-refractivity contribution < 1.29 is 13.2 Å². The Hall–Kier alpha value is -1.54. The smallest absolute Gasteiger partial charge is 0.252 e. The van der Waals surface area contributed by atoms with Gasteiger partial charge in [0.15, 0.2) is 9.84 Å². The Balaban J connectivity index is 0.00000225. The number of nitrogens with one attached hydrogen (secondary N) is 1. The van der Waals surface area contributed by atoms with Gasteiger partial charge in [-0.15, -0.1) is 12.4 Å². The largest absolute Gasteiger partial charge is 0.365 e. The molecular formula is C15H14Cl3N3O3S. The van der Waals surface area contributed by atoms with Crippen LogP contribution in [0.25, 0.3) is 0 Å². The highest BCUT2D eigenvalue weighted by Crippen LogP contribution is 2.36. The molecule has 0 spiro atoms. The van der Waals surface area contributed by atoms with Crippen LogP contribution >= 0.6 is 35.6 Å². The number of amides is 1. The number of nitrogens with zero attached hydrogens (tertiary/aromatic N) is 1. The number of fused-ring (bicyclic) bond motifs is 1. The standard InChI is InChI=1S/C15H13Cl2N3O3S.ClH/c16-8-1-2-13-10(5-8)12(3-4-24(13,22)23)20-7-9(17)6-11(14(20)18)15(19)21;/h1-2,5-7,12,18H,3-4H2,(H2,19,21);1H. The Morgan fingerprint density at radius 3 is 2.56 bits per heavy atom. The number of pyridine rings is 1. The molecule has 1 aromatic carbocycles. The van der Waals surface area contributed by atoms with Gasteiger partial charge in [0.05, 0.1) is 27.3 Å². The van der Waals surface area contributed by atoms with Gasteiger partial charge in [0.25, 0.3) is 5.91 Å². The molecule has 134 valence electrons. The van der Waals surface area contributed by atoms with Crippen molar-refractivity contribution >= 4 is 51.4 Å². The van der Waals surface area contributed by atoms with Crippen molar-refractivity contribution in [3.05, 3.63) is 57.1 Å². The summed E-state index contributed by atoms with van der Waals surface area (Å²) in [6.45, 7) is 0. The van der Waals surface area contributed by atoms with E-state index in [-0.39, 0.29) is 45.5 Å². The molecule has 2 aromatic rings. The Labute approximate surface area is 160 Å². The van der Waals surface area contributed by atoms with Crippen molar-refractivity contribution in [2.75, 3.05) is 5.75 Å². The number of sulfone groups is 1. The molecule has 25 heavy (non-hydrogen) atoms. The van der Waals surface area contributed by atoms with E-state index in [9.17, 15) is 13.2 Å². The fourth-order valence-electron chi connectivity index (χ4n) is 2.90. The minimum atomic E-state index is -3.41. The number of rotatable bonds is 2. The van der Waals surface area contributed by atoms with Gasteiger partial charge in [0.2, 0.25) is 0 Å². The van der Waals surface area contributed by atoms with E-state index in [1.54, 1.807) is 6.07 Å². The van der Waals surface area contributed by atoms with Gasteiger partial charge in [-0.1, -0.05) is 23.2 Å². The van der Waals surface area contributed by atoms with Crippen LogP contribution in [0.1, 0.15) is 28.4 Å². The number of carbonyl (C=O) groups excluding carboxylic acids is 1. The Bertz CT molecular complexity index is 1020. The van der Waals surface area contributed by atoms with Crippen molar-refractivity contribution in [3.8, 4) is 0 Å². The summed E-state index contributed by atoms with van der Waals surface area (Å²) in [6.07, 6.45) is 1.73. The lowest BCUT2D eigenvalue weighted by atomic mass is 10.0. The first-order chi connectivity index (χ1) is 11.2. The number of halogens is 3. The maximum atomic E-state index is 12.3. The average molecular weight is 423 g/mol. The zero-order valence-corrected chi connectivity index (χ0v) is 15.8. The predicted octanol–water partition coefficient (Wildman–Crippen LogP) is 2.56. The van der Waals surface area contributed by atoms with E-state index in [0.29, 0.717) is 10.6 Å². The number of hydrogen-bond acceptors (Lipinski definition) is 4. The monoisotopic (exact) mass is 421 g/mol. The molecule has 0 saturated heterocycles. The summed E-state index contributed by atoms with van der Waals surface area (Å²) in [7, 11) is -3.41. The van der Waals surface area contributed by atoms with Crippen molar-refractivity contribution in [1.29, 1.82) is 5.41 Å². The Morgan fingerprint density at radius 1 is 1.24 bits per heavy atom. The fraction of sp³-hybridized carbons (Fsp3) is 0.200. The molecule has 1 aliphatic rings. The summed E-state index contributed by atoms with van der Waals surface area (Å²) in [5, 5.41) is 8.85. The number of carbonyl (C=O) groups is 1. The summed E-state index contributed by atoms with van der Waals surface area (Å²) in [6, 6.07) is 5.38. The molecule has 1 unspecified atom stereocenters. The second-order valence-corrected chi connectivity index (χ2v) is 8.45. The maximum absolute atomic E-state index is 12.3. The number of benzene rings is 1. The fourth-order valence-corrected chi connectivity index (χ4v) is 4.88. The lowest BCUT2D eigenvalue weighted by Crippen LogP contribution is -2.35. The summed E-state index contributed by atoms with van der Waals surface area (Å²) < 4.78 is 26.0. The van der Waals surface area contributed by atoms with E-state index in [2.05, 4.69) is 0 Å². The van der Waals surface area contributed by atoms with Gasteiger partial charge < -0.3 is 10.3 Å². The normalized spacial score (nSPS) is 18.1. The van der Waals surface area contributed by atoms with Crippen molar-refractivity contribution in [1.82, 2.24) is 4.57 Å². The van der Waals surface area contributed by atoms with Gasteiger partial charge in [0.1, 0.15) is 5.49 Å². The number of nitrogens with two attached hydrogens (primary N) is 1. The van der Waals surface area contributed by atoms with Gasteiger partial charge in [-0.2, -0.15) is 0 Å². The molecule has 10 heteroatoms. The van der Waals surface area contributed by atoms with E-state index >= 15 is 0 Å². The second-order valence-electron chi connectivity index (χ2n) is 5.50. The minimum Gasteiger partial charge on any atom is -0.365 e. The predicted molar refractivity (Wildman–Crippen MR) is 97.3 cm³/mol. The summed E-state index contributed by atoms with van der Waals surface area (Å²) in [5.41, 5.74) is 5.62. The highest BCUT2D eigenvalue weighted by molar-refractivity contribution is 7.91. The van der Waals surface area contributed by atoms with Crippen molar-refractivity contribution in [3.63, 3.8) is 0 Å². The molecule has 2 heterocycles. The molecule has 0 radical (unpaired) electrons. The number of primary amides is 1. The molecule has 3 N–H and O–H groups in total. The molecule has 1 aliphatic heterocycles. The van der Waals surface area contributed by atoms with E-state index in [1.807, 2.05) is 0 Å².